The number of thioether (sulfide) groups is 1. The van der Waals surface area contributed by atoms with Gasteiger partial charge in [0.1, 0.15) is 5.40 Å². The van der Waals surface area contributed by atoms with Crippen LogP contribution in [0.25, 0.3) is 0 Å². The third-order valence-corrected chi connectivity index (χ3v) is 2.21. The third-order valence-electron chi connectivity index (χ3n) is 1.47. The van der Waals surface area contributed by atoms with E-state index in [0.29, 0.717) is 5.25 Å². The normalized spacial score (nSPS) is 12.5. The maximum atomic E-state index is 8.31. The predicted molar refractivity (Wildman–Crippen MR) is 46.8 cm³/mol. The Bertz CT molecular complexity index is 106. The number of hydrogen-bond acceptors (Lipinski definition) is 2. The molecular weight excluding hydrogens is 142 g/mol. The predicted octanol–water partition coefficient (Wildman–Crippen LogP) is 3.17. The van der Waals surface area contributed by atoms with Crippen LogP contribution >= 0.6 is 11.8 Å². The Kier molecular flexibility index (Phi) is 6.84. The van der Waals surface area contributed by atoms with E-state index in [1.807, 2.05) is 0 Å². The second kappa shape index (κ2) is 6.95. The summed E-state index contributed by atoms with van der Waals surface area (Å²) in [7, 11) is 0. The Morgan fingerprint density at radius 3 is 2.70 bits per heavy atom. The van der Waals surface area contributed by atoms with Gasteiger partial charge in [0, 0.05) is 5.25 Å². The molecule has 0 aliphatic rings. The highest BCUT2D eigenvalue weighted by molar-refractivity contribution is 8.04. The maximum Gasteiger partial charge on any atom is 0.133 e. The molecule has 1 atom stereocenters. The largest absolute Gasteiger partial charge is 0.185 e. The molecule has 0 amide bonds. The molecule has 0 rings (SSSR count). The van der Waals surface area contributed by atoms with E-state index < -0.39 is 0 Å². The van der Waals surface area contributed by atoms with E-state index in [1.165, 1.54) is 37.4 Å². The highest BCUT2D eigenvalue weighted by Crippen LogP contribution is 2.15. The van der Waals surface area contributed by atoms with Crippen molar-refractivity contribution in [1.29, 1.82) is 5.26 Å². The molecule has 0 aromatic rings. The second-order valence-electron chi connectivity index (χ2n) is 2.52. The van der Waals surface area contributed by atoms with Gasteiger partial charge in [0.25, 0.3) is 0 Å². The Hall–Kier alpha value is -0.160. The number of hydrogen-bond donors (Lipinski definition) is 0. The summed E-state index contributed by atoms with van der Waals surface area (Å²) in [4.78, 5) is 0. The highest BCUT2D eigenvalue weighted by Gasteiger charge is 1.99. The molecule has 0 bridgehead atoms. The summed E-state index contributed by atoms with van der Waals surface area (Å²) in [6, 6.07) is 0. The van der Waals surface area contributed by atoms with E-state index in [-0.39, 0.29) is 0 Å². The van der Waals surface area contributed by atoms with Crippen LogP contribution in [-0.4, -0.2) is 5.25 Å². The lowest BCUT2D eigenvalue weighted by atomic mass is 10.2. The van der Waals surface area contributed by atoms with Crippen LogP contribution in [0.1, 0.15) is 39.5 Å². The van der Waals surface area contributed by atoms with Crippen molar-refractivity contribution in [3.8, 4) is 5.40 Å². The zero-order valence-corrected chi connectivity index (χ0v) is 7.58. The molecule has 0 saturated heterocycles. The highest BCUT2D eigenvalue weighted by atomic mass is 32.2. The van der Waals surface area contributed by atoms with Gasteiger partial charge in [-0.1, -0.05) is 33.1 Å². The van der Waals surface area contributed by atoms with Crippen LogP contribution in [0.4, 0.5) is 0 Å². The second-order valence-corrected chi connectivity index (χ2v) is 3.74. The quantitative estimate of drug-likeness (QED) is 0.452. The molecule has 0 aliphatic carbocycles. The van der Waals surface area contributed by atoms with E-state index in [2.05, 4.69) is 19.2 Å². The van der Waals surface area contributed by atoms with Crippen LogP contribution in [0, 0.1) is 10.7 Å². The summed E-state index contributed by atoms with van der Waals surface area (Å²) >= 11 is 1.39. The van der Waals surface area contributed by atoms with Crippen molar-refractivity contribution in [1.82, 2.24) is 0 Å². The molecule has 0 saturated carbocycles. The first kappa shape index (κ1) is 9.84. The zero-order chi connectivity index (χ0) is 7.82. The summed E-state index contributed by atoms with van der Waals surface area (Å²) < 4.78 is 0. The Labute approximate surface area is 67.8 Å². The van der Waals surface area contributed by atoms with Gasteiger partial charge in [-0.3, -0.25) is 0 Å². The molecular formula is C8H15NS. The molecule has 0 N–H and O–H groups in total. The average molecular weight is 157 g/mol. The summed E-state index contributed by atoms with van der Waals surface area (Å²) in [5, 5.41) is 10.9. The molecule has 2 heteroatoms. The minimum absolute atomic E-state index is 0.525. The lowest BCUT2D eigenvalue weighted by Gasteiger charge is -2.03. The van der Waals surface area contributed by atoms with Crippen molar-refractivity contribution < 1.29 is 0 Å². The lowest BCUT2D eigenvalue weighted by molar-refractivity contribution is 0.665. The molecule has 0 unspecified atom stereocenters. The first-order chi connectivity index (χ1) is 4.81. The van der Waals surface area contributed by atoms with Crippen molar-refractivity contribution in [2.45, 2.75) is 44.8 Å². The van der Waals surface area contributed by atoms with Gasteiger partial charge in [-0.25, -0.2) is 0 Å². The summed E-state index contributed by atoms with van der Waals surface area (Å²) in [6.45, 7) is 4.31. The van der Waals surface area contributed by atoms with Crippen LogP contribution in [0.5, 0.6) is 0 Å². The van der Waals surface area contributed by atoms with Crippen molar-refractivity contribution in [2.75, 3.05) is 0 Å². The number of nitriles is 1. The van der Waals surface area contributed by atoms with Crippen molar-refractivity contribution in [3.05, 3.63) is 0 Å². The summed E-state index contributed by atoms with van der Waals surface area (Å²) in [5.41, 5.74) is 0. The third kappa shape index (κ3) is 5.97. The zero-order valence-electron chi connectivity index (χ0n) is 6.76. The minimum Gasteiger partial charge on any atom is -0.185 e. The average Bonchev–Trinajstić information content (AvgIpc) is 1.89. The number of rotatable bonds is 5. The van der Waals surface area contributed by atoms with E-state index in [1.54, 1.807) is 0 Å². The number of thiocyanates is 1. The first-order valence-electron chi connectivity index (χ1n) is 3.86. The van der Waals surface area contributed by atoms with E-state index >= 15 is 0 Å². The van der Waals surface area contributed by atoms with Crippen LogP contribution in [-0.2, 0) is 0 Å². The molecule has 0 aliphatic heterocycles. The van der Waals surface area contributed by atoms with Gasteiger partial charge in [-0.2, -0.15) is 5.26 Å². The number of unbranched alkanes of at least 4 members (excludes halogenated alkanes) is 2. The van der Waals surface area contributed by atoms with Crippen LogP contribution < -0.4 is 0 Å². The van der Waals surface area contributed by atoms with Gasteiger partial charge in [0.2, 0.25) is 0 Å². The van der Waals surface area contributed by atoms with E-state index in [4.69, 9.17) is 5.26 Å². The lowest BCUT2D eigenvalue weighted by Crippen LogP contribution is -1.93. The fourth-order valence-electron chi connectivity index (χ4n) is 0.831. The summed E-state index contributed by atoms with van der Waals surface area (Å²) in [6.07, 6.45) is 5.03. The Morgan fingerprint density at radius 1 is 1.50 bits per heavy atom. The standard InChI is InChI=1S/C8H15NS/c1-3-4-5-6-8(2)10-7-9/h8H,3-6H2,1-2H3/t8-/m0/s1. The monoisotopic (exact) mass is 157 g/mol. The van der Waals surface area contributed by atoms with Crippen LogP contribution in [0.3, 0.4) is 0 Å². The molecule has 58 valence electrons. The van der Waals surface area contributed by atoms with Crippen LogP contribution in [0.2, 0.25) is 0 Å². The molecule has 0 aromatic heterocycles. The summed E-state index contributed by atoms with van der Waals surface area (Å²) in [5.74, 6) is 0. The fraction of sp³-hybridized carbons (Fsp3) is 0.875. The topological polar surface area (TPSA) is 23.8 Å². The SMILES string of the molecule is CCCCC[C@H](C)SC#N. The molecule has 0 heterocycles. The van der Waals surface area contributed by atoms with Gasteiger partial charge in [-0.05, 0) is 18.2 Å². The van der Waals surface area contributed by atoms with Gasteiger partial charge >= 0.3 is 0 Å². The molecule has 0 spiro atoms. The van der Waals surface area contributed by atoms with Crippen molar-refractivity contribution in [3.63, 3.8) is 0 Å². The van der Waals surface area contributed by atoms with E-state index in [9.17, 15) is 0 Å². The maximum absolute atomic E-state index is 8.31. The van der Waals surface area contributed by atoms with Gasteiger partial charge in [-0.15, -0.1) is 0 Å². The van der Waals surface area contributed by atoms with Crippen molar-refractivity contribution in [2.24, 2.45) is 0 Å². The van der Waals surface area contributed by atoms with Gasteiger partial charge < -0.3 is 0 Å². The Balaban J connectivity index is 3.06. The van der Waals surface area contributed by atoms with Crippen LogP contribution in [0.15, 0.2) is 0 Å². The minimum atomic E-state index is 0.525. The fourth-order valence-corrected chi connectivity index (χ4v) is 1.30. The van der Waals surface area contributed by atoms with Gasteiger partial charge in [0.05, 0.1) is 0 Å². The molecule has 0 radical (unpaired) electrons. The smallest absolute Gasteiger partial charge is 0.133 e. The van der Waals surface area contributed by atoms with Gasteiger partial charge in [0.15, 0.2) is 0 Å². The molecule has 0 aromatic carbocycles. The molecule has 1 nitrogen and oxygen atoms in total. The molecule has 10 heavy (non-hydrogen) atoms. The number of nitrogens with zero attached hydrogens (tertiary/aromatic N) is 1. The van der Waals surface area contributed by atoms with Crippen molar-refractivity contribution >= 4 is 11.8 Å². The first-order valence-corrected chi connectivity index (χ1v) is 4.74. The van der Waals surface area contributed by atoms with E-state index in [0.717, 1.165) is 0 Å². The Morgan fingerprint density at radius 2 is 2.20 bits per heavy atom. The molecule has 0 fully saturated rings.